The number of hydrogen-bond donors (Lipinski definition) is 2. The highest BCUT2D eigenvalue weighted by Crippen LogP contribution is 2.32. The third kappa shape index (κ3) is 6.44. The zero-order valence-corrected chi connectivity index (χ0v) is 20.5. The smallest absolute Gasteiger partial charge is 0.253 e. The standard InChI is InChI=1S/C22H23FN4O6S2/c1-32-11-18(24-20(28)13-5-6-27(10-13)35(2,30)31)21(29)26-22-25-19(12-34-22)14-7-15(23)9-17(8-14)33-16-3-4-16/h5-10,12,16,18H,3-4,11H2,1-2H3,(H,24,28)(H,25,26,29)/t18-/m0/s1. The second-order valence-corrected chi connectivity index (χ2v) is 10.7. The van der Waals surface area contributed by atoms with E-state index in [0.717, 1.165) is 40.6 Å². The molecule has 13 heteroatoms. The molecule has 0 saturated heterocycles. The molecule has 0 bridgehead atoms. The van der Waals surface area contributed by atoms with Crippen molar-refractivity contribution in [2.24, 2.45) is 0 Å². The van der Waals surface area contributed by atoms with E-state index in [9.17, 15) is 22.4 Å². The third-order valence-electron chi connectivity index (χ3n) is 5.00. The van der Waals surface area contributed by atoms with E-state index in [-0.39, 0.29) is 23.4 Å². The monoisotopic (exact) mass is 522 g/mol. The van der Waals surface area contributed by atoms with Crippen LogP contribution >= 0.6 is 11.3 Å². The van der Waals surface area contributed by atoms with Crippen molar-refractivity contribution in [2.75, 3.05) is 25.3 Å². The van der Waals surface area contributed by atoms with Crippen LogP contribution in [0.2, 0.25) is 0 Å². The molecule has 0 spiro atoms. The molecule has 0 aliphatic heterocycles. The maximum Gasteiger partial charge on any atom is 0.253 e. The molecular formula is C22H23FN4O6S2. The molecule has 0 radical (unpaired) electrons. The number of ether oxygens (including phenoxy) is 2. The summed E-state index contributed by atoms with van der Waals surface area (Å²) in [7, 11) is -2.17. The molecule has 186 valence electrons. The van der Waals surface area contributed by atoms with Crippen LogP contribution in [0.1, 0.15) is 23.2 Å². The first-order chi connectivity index (χ1) is 16.6. The molecule has 35 heavy (non-hydrogen) atoms. The fraction of sp³-hybridized carbons (Fsp3) is 0.318. The van der Waals surface area contributed by atoms with E-state index in [1.165, 1.54) is 31.5 Å². The van der Waals surface area contributed by atoms with Crippen LogP contribution in [0.15, 0.2) is 42.0 Å². The Morgan fingerprint density at radius 1 is 1.31 bits per heavy atom. The summed E-state index contributed by atoms with van der Waals surface area (Å²) in [5, 5.41) is 7.06. The van der Waals surface area contributed by atoms with Gasteiger partial charge in [-0.2, -0.15) is 0 Å². The van der Waals surface area contributed by atoms with Gasteiger partial charge in [0.05, 0.1) is 30.2 Å². The summed E-state index contributed by atoms with van der Waals surface area (Å²) in [6.45, 7) is -0.131. The Kier molecular flexibility index (Phi) is 7.19. The van der Waals surface area contributed by atoms with Gasteiger partial charge in [-0.3, -0.25) is 13.6 Å². The lowest BCUT2D eigenvalue weighted by molar-refractivity contribution is -0.119. The number of carbonyl (C=O) groups is 2. The lowest BCUT2D eigenvalue weighted by atomic mass is 10.1. The summed E-state index contributed by atoms with van der Waals surface area (Å²) >= 11 is 1.14. The van der Waals surface area contributed by atoms with Crippen molar-refractivity contribution in [3.8, 4) is 17.0 Å². The van der Waals surface area contributed by atoms with Gasteiger partial charge in [-0.15, -0.1) is 11.3 Å². The summed E-state index contributed by atoms with van der Waals surface area (Å²) in [4.78, 5) is 29.7. The third-order valence-corrected chi connectivity index (χ3v) is 6.75. The molecule has 2 aromatic heterocycles. The SMILES string of the molecule is COC[C@H](NC(=O)c1ccn(S(C)(=O)=O)c1)C(=O)Nc1nc(-c2cc(F)cc(OC3CC3)c2)cs1. The summed E-state index contributed by atoms with van der Waals surface area (Å²) in [6.07, 6.45) is 5.40. The van der Waals surface area contributed by atoms with Crippen LogP contribution in [0.3, 0.4) is 0 Å². The maximum atomic E-state index is 14.1. The van der Waals surface area contributed by atoms with Crippen molar-refractivity contribution in [1.82, 2.24) is 14.3 Å². The molecule has 2 N–H and O–H groups in total. The van der Waals surface area contributed by atoms with E-state index < -0.39 is 33.7 Å². The zero-order valence-electron chi connectivity index (χ0n) is 18.9. The quantitative estimate of drug-likeness (QED) is 0.419. The number of amides is 2. The lowest BCUT2D eigenvalue weighted by Gasteiger charge is -2.16. The van der Waals surface area contributed by atoms with Gasteiger partial charge >= 0.3 is 0 Å². The fourth-order valence-corrected chi connectivity index (χ4v) is 4.43. The number of thiazole rings is 1. The number of nitrogens with one attached hydrogen (secondary N) is 2. The largest absolute Gasteiger partial charge is 0.490 e. The molecule has 2 amide bonds. The topological polar surface area (TPSA) is 129 Å². The van der Waals surface area contributed by atoms with Crippen molar-refractivity contribution in [1.29, 1.82) is 0 Å². The van der Waals surface area contributed by atoms with Crippen LogP contribution in [0.4, 0.5) is 9.52 Å². The molecule has 1 aliphatic rings. The summed E-state index contributed by atoms with van der Waals surface area (Å²) in [5.41, 5.74) is 1.03. The van der Waals surface area contributed by atoms with Gasteiger partial charge in [0.1, 0.15) is 17.6 Å². The highest BCUT2D eigenvalue weighted by Gasteiger charge is 2.25. The van der Waals surface area contributed by atoms with Gasteiger partial charge in [0.15, 0.2) is 5.13 Å². The number of carbonyl (C=O) groups excluding carboxylic acids is 2. The molecule has 1 aliphatic carbocycles. The van der Waals surface area contributed by atoms with Crippen LogP contribution in [0, 0.1) is 5.82 Å². The number of aromatic nitrogens is 2. The molecule has 0 unspecified atom stereocenters. The summed E-state index contributed by atoms with van der Waals surface area (Å²) in [5.74, 6) is -1.26. The van der Waals surface area contributed by atoms with Gasteiger partial charge in [0, 0.05) is 36.5 Å². The number of halogens is 1. The van der Waals surface area contributed by atoms with Gasteiger partial charge in [-0.05, 0) is 31.0 Å². The van der Waals surface area contributed by atoms with Gasteiger partial charge in [0.25, 0.3) is 11.8 Å². The van der Waals surface area contributed by atoms with Gasteiger partial charge < -0.3 is 20.1 Å². The summed E-state index contributed by atoms with van der Waals surface area (Å²) in [6, 6.07) is 4.59. The average Bonchev–Trinajstić information content (AvgIpc) is 3.25. The van der Waals surface area contributed by atoms with Crippen LogP contribution in [0.25, 0.3) is 11.3 Å². The Hall–Kier alpha value is -3.29. The molecule has 2 heterocycles. The Bertz CT molecular complexity index is 1350. The first-order valence-electron chi connectivity index (χ1n) is 10.5. The highest BCUT2D eigenvalue weighted by atomic mass is 32.2. The van der Waals surface area contributed by atoms with Crippen LogP contribution < -0.4 is 15.4 Å². The Morgan fingerprint density at radius 2 is 2.09 bits per heavy atom. The molecule has 1 saturated carbocycles. The molecule has 10 nitrogen and oxygen atoms in total. The maximum absolute atomic E-state index is 14.1. The van der Waals surface area contributed by atoms with E-state index in [2.05, 4.69) is 15.6 Å². The predicted octanol–water partition coefficient (Wildman–Crippen LogP) is 2.48. The molecule has 1 aromatic carbocycles. The number of benzene rings is 1. The normalized spacial score (nSPS) is 14.4. The number of rotatable bonds is 10. The first-order valence-corrected chi connectivity index (χ1v) is 13.3. The van der Waals surface area contributed by atoms with E-state index in [1.807, 2.05) is 0 Å². The number of methoxy groups -OCH3 is 1. The van der Waals surface area contributed by atoms with Crippen LogP contribution in [0.5, 0.6) is 5.75 Å². The van der Waals surface area contributed by atoms with Crippen molar-refractivity contribution in [2.45, 2.75) is 25.0 Å². The number of hydrogen-bond acceptors (Lipinski definition) is 8. The number of anilines is 1. The Balaban J connectivity index is 1.43. The second kappa shape index (κ2) is 10.1. The fourth-order valence-electron chi connectivity index (χ4n) is 3.12. The van der Waals surface area contributed by atoms with Crippen molar-refractivity contribution < 1.29 is 31.9 Å². The minimum absolute atomic E-state index is 0.0659. The molecular weight excluding hydrogens is 499 g/mol. The minimum Gasteiger partial charge on any atom is -0.490 e. The van der Waals surface area contributed by atoms with Crippen molar-refractivity contribution >= 4 is 38.3 Å². The van der Waals surface area contributed by atoms with Crippen LogP contribution in [-0.4, -0.2) is 61.3 Å². The minimum atomic E-state index is -3.55. The zero-order chi connectivity index (χ0) is 25.2. The average molecular weight is 523 g/mol. The van der Waals surface area contributed by atoms with E-state index in [1.54, 1.807) is 11.4 Å². The molecule has 3 aromatic rings. The molecule has 1 atom stereocenters. The Morgan fingerprint density at radius 3 is 2.74 bits per heavy atom. The van der Waals surface area contributed by atoms with Gasteiger partial charge in [-0.1, -0.05) is 0 Å². The van der Waals surface area contributed by atoms with E-state index in [0.29, 0.717) is 17.0 Å². The predicted molar refractivity (Wildman–Crippen MR) is 128 cm³/mol. The van der Waals surface area contributed by atoms with Gasteiger partial charge in [-0.25, -0.2) is 17.8 Å². The number of nitrogens with zero attached hydrogens (tertiary/aromatic N) is 2. The van der Waals surface area contributed by atoms with Crippen LogP contribution in [-0.2, 0) is 19.6 Å². The molecule has 4 rings (SSSR count). The lowest BCUT2D eigenvalue weighted by Crippen LogP contribution is -2.46. The highest BCUT2D eigenvalue weighted by molar-refractivity contribution is 7.89. The van der Waals surface area contributed by atoms with Crippen molar-refractivity contribution in [3.05, 3.63) is 53.4 Å². The molecule has 1 fully saturated rings. The Labute approximate surface area is 205 Å². The first kappa shape index (κ1) is 24.8. The van der Waals surface area contributed by atoms with Crippen molar-refractivity contribution in [3.63, 3.8) is 0 Å². The van der Waals surface area contributed by atoms with E-state index >= 15 is 0 Å². The summed E-state index contributed by atoms with van der Waals surface area (Å²) < 4.78 is 48.9. The van der Waals surface area contributed by atoms with E-state index in [4.69, 9.17) is 9.47 Å². The van der Waals surface area contributed by atoms with Gasteiger partial charge in [0.2, 0.25) is 10.0 Å². The second-order valence-electron chi connectivity index (χ2n) is 7.99.